The number of aromatic amines is 1. The largest absolute Gasteiger partial charge is 0.382 e. The summed E-state index contributed by atoms with van der Waals surface area (Å²) in [6, 6.07) is 0. The quantitative estimate of drug-likeness (QED) is 0.739. The fraction of sp³-hybridized carbons (Fsp3) is 0.333. The molecule has 84 valence electrons. The smallest absolute Gasteiger partial charge is 0.268 e. The highest BCUT2D eigenvalue weighted by atomic mass is 16.5. The van der Waals surface area contributed by atoms with Crippen LogP contribution in [0.15, 0.2) is 11.0 Å². The summed E-state index contributed by atoms with van der Waals surface area (Å²) >= 11 is 0. The zero-order valence-electron chi connectivity index (χ0n) is 8.89. The molecule has 7 nitrogen and oxygen atoms in total. The molecule has 1 atom stereocenters. The number of nitrogens with two attached hydrogens (primary N) is 1. The van der Waals surface area contributed by atoms with Gasteiger partial charge in [-0.2, -0.15) is 0 Å². The Morgan fingerprint density at radius 1 is 1.50 bits per heavy atom. The molecular weight excluding hydrogens is 210 g/mol. The second kappa shape index (κ2) is 3.86. The minimum atomic E-state index is -0.332. The summed E-state index contributed by atoms with van der Waals surface area (Å²) in [5.41, 5.74) is 6.08. The van der Waals surface area contributed by atoms with Gasteiger partial charge in [0.25, 0.3) is 5.56 Å². The van der Waals surface area contributed by atoms with Gasteiger partial charge in [-0.25, -0.2) is 15.0 Å². The number of hydrogen-bond acceptors (Lipinski definition) is 6. The van der Waals surface area contributed by atoms with E-state index in [4.69, 9.17) is 10.5 Å². The Kier molecular flexibility index (Phi) is 2.53. The van der Waals surface area contributed by atoms with E-state index in [0.29, 0.717) is 17.0 Å². The molecular formula is C9H11N5O2. The highest BCUT2D eigenvalue weighted by Gasteiger charge is 2.12. The number of aromatic nitrogens is 4. The number of rotatable bonds is 2. The number of anilines is 1. The minimum absolute atomic E-state index is 0.222. The molecule has 0 aliphatic rings. The molecule has 2 aromatic heterocycles. The Bertz CT molecular complexity index is 580. The maximum Gasteiger partial charge on any atom is 0.268 e. The van der Waals surface area contributed by atoms with E-state index in [1.165, 1.54) is 0 Å². The number of nitrogens with zero attached hydrogens (tertiary/aromatic N) is 3. The van der Waals surface area contributed by atoms with Crippen molar-refractivity contribution >= 4 is 17.0 Å². The van der Waals surface area contributed by atoms with Crippen LogP contribution >= 0.6 is 0 Å². The molecule has 2 rings (SSSR count). The van der Waals surface area contributed by atoms with Gasteiger partial charge in [0.15, 0.2) is 17.3 Å². The van der Waals surface area contributed by atoms with Crippen molar-refractivity contribution < 1.29 is 4.74 Å². The predicted molar refractivity (Wildman–Crippen MR) is 57.8 cm³/mol. The molecule has 0 spiro atoms. The van der Waals surface area contributed by atoms with Gasteiger partial charge in [-0.05, 0) is 6.92 Å². The summed E-state index contributed by atoms with van der Waals surface area (Å²) < 4.78 is 5.08. The molecule has 1 unspecified atom stereocenters. The lowest BCUT2D eigenvalue weighted by molar-refractivity contribution is 0.112. The molecule has 0 aliphatic carbocycles. The zero-order valence-corrected chi connectivity index (χ0v) is 8.89. The van der Waals surface area contributed by atoms with Gasteiger partial charge in [-0.15, -0.1) is 0 Å². The van der Waals surface area contributed by atoms with Gasteiger partial charge in [0.05, 0.1) is 6.20 Å². The highest BCUT2D eigenvalue weighted by Crippen LogP contribution is 2.16. The van der Waals surface area contributed by atoms with Crippen LogP contribution < -0.4 is 11.3 Å². The van der Waals surface area contributed by atoms with Crippen molar-refractivity contribution in [2.24, 2.45) is 0 Å². The number of methoxy groups -OCH3 is 1. The molecule has 0 bridgehead atoms. The van der Waals surface area contributed by atoms with Crippen molar-refractivity contribution in [2.75, 3.05) is 12.8 Å². The van der Waals surface area contributed by atoms with E-state index < -0.39 is 0 Å². The molecule has 0 fully saturated rings. The molecule has 0 aliphatic heterocycles. The monoisotopic (exact) mass is 221 g/mol. The lowest BCUT2D eigenvalue weighted by Gasteiger charge is -2.09. The lowest BCUT2D eigenvalue weighted by Crippen LogP contribution is -2.12. The topological polar surface area (TPSA) is 107 Å². The Labute approximate surface area is 90.7 Å². The molecule has 2 heterocycles. The molecule has 0 aromatic carbocycles. The fourth-order valence-electron chi connectivity index (χ4n) is 1.26. The third kappa shape index (κ3) is 1.72. The van der Waals surface area contributed by atoms with Gasteiger partial charge in [0.2, 0.25) is 0 Å². The van der Waals surface area contributed by atoms with Crippen LogP contribution in [0.2, 0.25) is 0 Å². The molecule has 7 heteroatoms. The average Bonchev–Trinajstić information content (AvgIpc) is 2.27. The molecule has 0 radical (unpaired) electrons. The maximum atomic E-state index is 11.1. The third-order valence-corrected chi connectivity index (χ3v) is 2.20. The molecule has 16 heavy (non-hydrogen) atoms. The maximum absolute atomic E-state index is 11.1. The molecule has 0 saturated carbocycles. The van der Waals surface area contributed by atoms with Crippen LogP contribution in [-0.2, 0) is 4.74 Å². The van der Waals surface area contributed by atoms with Crippen LogP contribution in [0.5, 0.6) is 0 Å². The van der Waals surface area contributed by atoms with Crippen LogP contribution in [0.3, 0.4) is 0 Å². The van der Waals surface area contributed by atoms with Crippen molar-refractivity contribution in [2.45, 2.75) is 13.0 Å². The second-order valence-electron chi connectivity index (χ2n) is 3.29. The summed E-state index contributed by atoms with van der Waals surface area (Å²) in [7, 11) is 1.54. The Morgan fingerprint density at radius 2 is 2.25 bits per heavy atom. The zero-order chi connectivity index (χ0) is 11.7. The molecule has 0 amide bonds. The second-order valence-corrected chi connectivity index (χ2v) is 3.29. The van der Waals surface area contributed by atoms with Crippen LogP contribution in [0.4, 0.5) is 5.82 Å². The van der Waals surface area contributed by atoms with E-state index in [2.05, 4.69) is 19.9 Å². The summed E-state index contributed by atoms with van der Waals surface area (Å²) in [6.45, 7) is 1.79. The van der Waals surface area contributed by atoms with Gasteiger partial charge in [0.1, 0.15) is 11.6 Å². The van der Waals surface area contributed by atoms with Crippen molar-refractivity contribution in [3.63, 3.8) is 0 Å². The SMILES string of the molecule is COC(C)c1nc(N)c2ncc(=O)[nH]c2n1. The number of hydrogen-bond donors (Lipinski definition) is 2. The summed E-state index contributed by atoms with van der Waals surface area (Å²) in [5.74, 6) is 0.635. The van der Waals surface area contributed by atoms with Crippen molar-refractivity contribution in [1.29, 1.82) is 0 Å². The van der Waals surface area contributed by atoms with E-state index in [1.807, 2.05) is 0 Å². The van der Waals surface area contributed by atoms with Crippen molar-refractivity contribution in [3.05, 3.63) is 22.4 Å². The van der Waals surface area contributed by atoms with Crippen LogP contribution in [-0.4, -0.2) is 27.0 Å². The van der Waals surface area contributed by atoms with Crippen LogP contribution in [0, 0.1) is 0 Å². The van der Waals surface area contributed by atoms with E-state index in [0.717, 1.165) is 6.20 Å². The summed E-state index contributed by atoms with van der Waals surface area (Å²) in [5, 5.41) is 0. The first kappa shape index (κ1) is 10.5. The van der Waals surface area contributed by atoms with E-state index in [9.17, 15) is 4.79 Å². The predicted octanol–water partition coefficient (Wildman–Crippen LogP) is 0.00270. The van der Waals surface area contributed by atoms with Crippen LogP contribution in [0.25, 0.3) is 11.2 Å². The standard InChI is InChI=1S/C9H11N5O2/c1-4(16-2)8-13-7(10)6-9(14-8)12-5(15)3-11-6/h3-4H,1-2H3,(H3,10,12,13,14,15). The Balaban J connectivity index is 2.69. The summed E-state index contributed by atoms with van der Waals surface area (Å²) in [4.78, 5) is 25.7. The molecule has 0 saturated heterocycles. The molecule has 2 aromatic rings. The third-order valence-electron chi connectivity index (χ3n) is 2.20. The first-order valence-electron chi connectivity index (χ1n) is 4.67. The number of ether oxygens (including phenoxy) is 1. The lowest BCUT2D eigenvalue weighted by atomic mass is 10.3. The minimum Gasteiger partial charge on any atom is -0.382 e. The van der Waals surface area contributed by atoms with Crippen LogP contribution in [0.1, 0.15) is 18.9 Å². The van der Waals surface area contributed by atoms with E-state index in [-0.39, 0.29) is 17.5 Å². The van der Waals surface area contributed by atoms with E-state index in [1.54, 1.807) is 14.0 Å². The van der Waals surface area contributed by atoms with E-state index >= 15 is 0 Å². The first-order chi connectivity index (χ1) is 7.61. The normalized spacial score (nSPS) is 12.9. The summed E-state index contributed by atoms with van der Waals surface area (Å²) in [6.07, 6.45) is 0.844. The Morgan fingerprint density at radius 3 is 2.94 bits per heavy atom. The fourth-order valence-corrected chi connectivity index (χ4v) is 1.26. The Hall–Kier alpha value is -2.02. The number of fused-ring (bicyclic) bond motifs is 1. The van der Waals surface area contributed by atoms with Crippen molar-refractivity contribution in [1.82, 2.24) is 19.9 Å². The first-order valence-corrected chi connectivity index (χ1v) is 4.67. The van der Waals surface area contributed by atoms with Gasteiger partial charge in [0, 0.05) is 7.11 Å². The molecule has 3 N–H and O–H groups in total. The van der Waals surface area contributed by atoms with Crippen molar-refractivity contribution in [3.8, 4) is 0 Å². The number of nitrogen functional groups attached to an aromatic ring is 1. The number of nitrogens with one attached hydrogen (secondary N) is 1. The number of H-pyrrole nitrogens is 1. The van der Waals surface area contributed by atoms with Gasteiger partial charge < -0.3 is 15.5 Å². The van der Waals surface area contributed by atoms with Gasteiger partial charge >= 0.3 is 0 Å². The van der Waals surface area contributed by atoms with Gasteiger partial charge in [-0.1, -0.05) is 0 Å². The highest BCUT2D eigenvalue weighted by molar-refractivity contribution is 5.80. The average molecular weight is 221 g/mol. The van der Waals surface area contributed by atoms with Gasteiger partial charge in [-0.3, -0.25) is 4.79 Å².